The number of benzene rings is 1. The number of halogens is 1. The summed E-state index contributed by atoms with van der Waals surface area (Å²) in [6.07, 6.45) is 1.26. The summed E-state index contributed by atoms with van der Waals surface area (Å²) in [6, 6.07) is 3.81. The van der Waals surface area contributed by atoms with Crippen molar-refractivity contribution in [3.05, 3.63) is 27.7 Å². The highest BCUT2D eigenvalue weighted by atomic mass is 79.9. The quantitative estimate of drug-likeness (QED) is 0.545. The van der Waals surface area contributed by atoms with Crippen LogP contribution >= 0.6 is 15.9 Å². The van der Waals surface area contributed by atoms with Gasteiger partial charge in [0.2, 0.25) is 0 Å². The first-order chi connectivity index (χ1) is 5.15. The van der Waals surface area contributed by atoms with E-state index in [9.17, 15) is 0 Å². The molecule has 0 bridgehead atoms. The number of hydrogen-bond acceptors (Lipinski definition) is 2. The molecule has 0 aliphatic rings. The molecule has 0 radical (unpaired) electrons. The van der Waals surface area contributed by atoms with Gasteiger partial charge in [0.05, 0.1) is 5.69 Å². The van der Waals surface area contributed by atoms with Crippen LogP contribution in [0.2, 0.25) is 0 Å². The van der Waals surface area contributed by atoms with Gasteiger partial charge in [-0.15, -0.1) is 0 Å². The van der Waals surface area contributed by atoms with E-state index in [0.717, 1.165) is 15.6 Å². The zero-order chi connectivity index (χ0) is 8.43. The summed E-state index contributed by atoms with van der Waals surface area (Å²) >= 11 is 3.31. The molecule has 58 valence electrons. The molecule has 1 aromatic rings. The van der Waals surface area contributed by atoms with Crippen molar-refractivity contribution in [2.75, 3.05) is 5.73 Å². The van der Waals surface area contributed by atoms with Crippen LogP contribution in [0.15, 0.2) is 16.6 Å². The predicted octanol–water partition coefficient (Wildman–Crippen LogP) is 2.34. The zero-order valence-corrected chi connectivity index (χ0v) is 7.77. The van der Waals surface area contributed by atoms with Crippen molar-refractivity contribution in [3.8, 4) is 0 Å². The van der Waals surface area contributed by atoms with E-state index in [0.29, 0.717) is 5.69 Å². The van der Waals surface area contributed by atoms with Crippen molar-refractivity contribution in [3.63, 3.8) is 0 Å². The second kappa shape index (κ2) is 3.05. The van der Waals surface area contributed by atoms with Crippen molar-refractivity contribution in [1.29, 1.82) is 5.41 Å². The molecule has 0 amide bonds. The van der Waals surface area contributed by atoms with Gasteiger partial charge in [0.25, 0.3) is 0 Å². The van der Waals surface area contributed by atoms with Crippen LogP contribution in [0.25, 0.3) is 0 Å². The normalized spacial score (nSPS) is 9.64. The Morgan fingerprint density at radius 2 is 2.18 bits per heavy atom. The molecule has 0 aliphatic heterocycles. The maximum Gasteiger partial charge on any atom is 0.0547 e. The fourth-order valence-corrected chi connectivity index (χ4v) is 1.49. The molecule has 3 N–H and O–H groups in total. The van der Waals surface area contributed by atoms with Crippen LogP contribution in [0, 0.1) is 12.3 Å². The summed E-state index contributed by atoms with van der Waals surface area (Å²) in [6.45, 7) is 1.97. The molecule has 11 heavy (non-hydrogen) atoms. The third kappa shape index (κ3) is 1.60. The van der Waals surface area contributed by atoms with Crippen LogP contribution in [-0.2, 0) is 0 Å². The monoisotopic (exact) mass is 212 g/mol. The van der Waals surface area contributed by atoms with E-state index in [-0.39, 0.29) is 0 Å². The van der Waals surface area contributed by atoms with Crippen LogP contribution < -0.4 is 5.73 Å². The predicted molar refractivity (Wildman–Crippen MR) is 51.2 cm³/mol. The molecule has 0 unspecified atom stereocenters. The Balaban J connectivity index is 3.35. The minimum Gasteiger partial charge on any atom is -0.397 e. The van der Waals surface area contributed by atoms with Crippen LogP contribution in [0.1, 0.15) is 11.1 Å². The number of hydrogen-bond donors (Lipinski definition) is 2. The van der Waals surface area contributed by atoms with Crippen LogP contribution in [0.4, 0.5) is 5.69 Å². The van der Waals surface area contributed by atoms with E-state index in [1.54, 1.807) is 0 Å². The van der Waals surface area contributed by atoms with E-state index in [4.69, 9.17) is 11.1 Å². The van der Waals surface area contributed by atoms with E-state index >= 15 is 0 Å². The second-order valence-electron chi connectivity index (χ2n) is 2.39. The number of nitrogen functional groups attached to an aromatic ring is 1. The molecule has 3 heteroatoms. The minimum absolute atomic E-state index is 0.630. The number of nitrogens with two attached hydrogens (primary N) is 1. The van der Waals surface area contributed by atoms with Gasteiger partial charge in [0, 0.05) is 16.3 Å². The fourth-order valence-electron chi connectivity index (χ4n) is 0.900. The van der Waals surface area contributed by atoms with Crippen molar-refractivity contribution < 1.29 is 0 Å². The largest absolute Gasteiger partial charge is 0.397 e. The number of anilines is 1. The first-order valence-electron chi connectivity index (χ1n) is 3.21. The lowest BCUT2D eigenvalue weighted by atomic mass is 10.1. The van der Waals surface area contributed by atoms with Crippen LogP contribution in [0.5, 0.6) is 0 Å². The van der Waals surface area contributed by atoms with Gasteiger partial charge in [0.15, 0.2) is 0 Å². The average molecular weight is 213 g/mol. The summed E-state index contributed by atoms with van der Waals surface area (Å²) in [5.74, 6) is 0. The number of nitrogens with one attached hydrogen (secondary N) is 1. The molecule has 0 atom stereocenters. The molecular formula is C8H9BrN2. The van der Waals surface area contributed by atoms with E-state index in [1.165, 1.54) is 6.21 Å². The second-order valence-corrected chi connectivity index (χ2v) is 3.25. The minimum atomic E-state index is 0.630. The smallest absolute Gasteiger partial charge is 0.0547 e. The Hall–Kier alpha value is -0.830. The molecule has 0 fully saturated rings. The first kappa shape index (κ1) is 8.27. The van der Waals surface area contributed by atoms with E-state index in [1.807, 2.05) is 19.1 Å². The Morgan fingerprint density at radius 3 is 2.73 bits per heavy atom. The standard InChI is InChI=1S/C8H9BrN2/c1-5-2-6(4-10)8(11)7(9)3-5/h2-4,10H,11H2,1H3. The molecule has 0 saturated heterocycles. The van der Waals surface area contributed by atoms with Crippen molar-refractivity contribution >= 4 is 27.8 Å². The Bertz CT molecular complexity index is 294. The summed E-state index contributed by atoms with van der Waals surface area (Å²) in [7, 11) is 0. The van der Waals surface area contributed by atoms with Gasteiger partial charge in [0.1, 0.15) is 0 Å². The molecule has 2 nitrogen and oxygen atoms in total. The zero-order valence-electron chi connectivity index (χ0n) is 6.19. The van der Waals surface area contributed by atoms with E-state index < -0.39 is 0 Å². The van der Waals surface area contributed by atoms with Gasteiger partial charge in [-0.1, -0.05) is 0 Å². The number of aryl methyl sites for hydroxylation is 1. The fraction of sp³-hybridized carbons (Fsp3) is 0.125. The molecular weight excluding hydrogens is 204 g/mol. The molecule has 0 aromatic heterocycles. The summed E-state index contributed by atoms with van der Waals surface area (Å²) < 4.78 is 0.857. The maximum atomic E-state index is 7.05. The highest BCUT2D eigenvalue weighted by Crippen LogP contribution is 2.23. The highest BCUT2D eigenvalue weighted by Gasteiger charge is 2.00. The van der Waals surface area contributed by atoms with Gasteiger partial charge in [-0.2, -0.15) is 0 Å². The SMILES string of the molecule is Cc1cc(Br)c(N)c(C=N)c1. The van der Waals surface area contributed by atoms with Gasteiger partial charge in [-0.3, -0.25) is 0 Å². The third-order valence-corrected chi connectivity index (χ3v) is 2.12. The summed E-state index contributed by atoms with van der Waals surface area (Å²) in [4.78, 5) is 0. The lowest BCUT2D eigenvalue weighted by molar-refractivity contribution is 1.43. The molecule has 0 saturated carbocycles. The molecule has 0 aliphatic carbocycles. The summed E-state index contributed by atoms with van der Waals surface area (Å²) in [5.41, 5.74) is 8.16. The summed E-state index contributed by atoms with van der Waals surface area (Å²) in [5, 5.41) is 7.05. The van der Waals surface area contributed by atoms with Crippen molar-refractivity contribution in [2.45, 2.75) is 6.92 Å². The lowest BCUT2D eigenvalue weighted by Gasteiger charge is -2.03. The first-order valence-corrected chi connectivity index (χ1v) is 4.00. The van der Waals surface area contributed by atoms with Crippen LogP contribution in [0.3, 0.4) is 0 Å². The Kier molecular flexibility index (Phi) is 2.29. The van der Waals surface area contributed by atoms with Crippen LogP contribution in [-0.4, -0.2) is 6.21 Å². The van der Waals surface area contributed by atoms with Crippen molar-refractivity contribution in [2.24, 2.45) is 0 Å². The van der Waals surface area contributed by atoms with Gasteiger partial charge >= 0.3 is 0 Å². The van der Waals surface area contributed by atoms with Gasteiger partial charge in [-0.25, -0.2) is 0 Å². The van der Waals surface area contributed by atoms with Gasteiger partial charge in [-0.05, 0) is 40.5 Å². The topological polar surface area (TPSA) is 49.9 Å². The maximum absolute atomic E-state index is 7.05. The Morgan fingerprint density at radius 1 is 1.55 bits per heavy atom. The third-order valence-electron chi connectivity index (χ3n) is 1.46. The molecule has 0 spiro atoms. The lowest BCUT2D eigenvalue weighted by Crippen LogP contribution is -1.94. The van der Waals surface area contributed by atoms with Gasteiger partial charge < -0.3 is 11.1 Å². The molecule has 1 aromatic carbocycles. The van der Waals surface area contributed by atoms with Crippen molar-refractivity contribution in [1.82, 2.24) is 0 Å². The highest BCUT2D eigenvalue weighted by molar-refractivity contribution is 9.10. The Labute approximate surface area is 74.1 Å². The number of rotatable bonds is 1. The molecule has 1 rings (SSSR count). The average Bonchev–Trinajstić information content (AvgIpc) is 1.96. The van der Waals surface area contributed by atoms with E-state index in [2.05, 4.69) is 15.9 Å². The molecule has 0 heterocycles.